The number of H-pyrrole nitrogens is 1. The first kappa shape index (κ1) is 25.3. The number of nitrogens with zero attached hydrogens (tertiary/aromatic N) is 6. The fourth-order valence-corrected chi connectivity index (χ4v) is 5.77. The van der Waals surface area contributed by atoms with Crippen LogP contribution >= 0.6 is 11.6 Å². The molecule has 0 radical (unpaired) electrons. The Bertz CT molecular complexity index is 1680. The molecule has 5 aromatic rings. The molecule has 200 valence electrons. The third-order valence-electron chi connectivity index (χ3n) is 7.52. The summed E-state index contributed by atoms with van der Waals surface area (Å²) in [6.45, 7) is 9.57. The molecule has 0 saturated carbocycles. The molecule has 9 nitrogen and oxygen atoms in total. The van der Waals surface area contributed by atoms with E-state index in [4.69, 9.17) is 16.0 Å². The van der Waals surface area contributed by atoms with Crippen LogP contribution in [0.1, 0.15) is 39.9 Å². The lowest BCUT2D eigenvalue weighted by Crippen LogP contribution is -2.49. The molecule has 0 amide bonds. The van der Waals surface area contributed by atoms with Crippen LogP contribution in [0, 0.1) is 20.8 Å². The number of benzene rings is 2. The van der Waals surface area contributed by atoms with E-state index < -0.39 is 6.04 Å². The van der Waals surface area contributed by atoms with Crippen molar-refractivity contribution in [1.29, 1.82) is 0 Å². The fraction of sp³-hybridized carbons (Fsp3) is 0.310. The van der Waals surface area contributed by atoms with Crippen LogP contribution in [-0.4, -0.2) is 56.3 Å². The number of rotatable bonds is 6. The van der Waals surface area contributed by atoms with Gasteiger partial charge in [0, 0.05) is 53.4 Å². The van der Waals surface area contributed by atoms with Gasteiger partial charge >= 0.3 is 0 Å². The number of furan rings is 1. The molecule has 6 rings (SSSR count). The van der Waals surface area contributed by atoms with Crippen molar-refractivity contribution < 1.29 is 4.42 Å². The number of fused-ring (bicyclic) bond motifs is 1. The molecule has 0 bridgehead atoms. The predicted octanol–water partition coefficient (Wildman–Crippen LogP) is 4.65. The molecule has 10 heteroatoms. The summed E-state index contributed by atoms with van der Waals surface area (Å²) in [5.41, 5.74) is 5.85. The van der Waals surface area contributed by atoms with Crippen LogP contribution in [0.4, 0.5) is 5.69 Å². The predicted molar refractivity (Wildman–Crippen MR) is 151 cm³/mol. The van der Waals surface area contributed by atoms with E-state index >= 15 is 0 Å². The minimum Gasteiger partial charge on any atom is -0.467 e. The lowest BCUT2D eigenvalue weighted by Gasteiger charge is -2.40. The zero-order chi connectivity index (χ0) is 27.1. The number of hydrogen-bond acceptors (Lipinski definition) is 7. The summed E-state index contributed by atoms with van der Waals surface area (Å²) in [6, 6.07) is 15.4. The number of hydrogen-bond donors (Lipinski definition) is 1. The van der Waals surface area contributed by atoms with E-state index in [-0.39, 0.29) is 5.56 Å². The van der Waals surface area contributed by atoms with Crippen molar-refractivity contribution in [2.24, 2.45) is 0 Å². The van der Waals surface area contributed by atoms with Crippen molar-refractivity contribution in [3.63, 3.8) is 0 Å². The first-order chi connectivity index (χ1) is 18.9. The molecule has 0 spiro atoms. The highest BCUT2D eigenvalue weighted by atomic mass is 35.5. The van der Waals surface area contributed by atoms with Crippen LogP contribution < -0.4 is 10.5 Å². The highest BCUT2D eigenvalue weighted by molar-refractivity contribution is 6.30. The van der Waals surface area contributed by atoms with Gasteiger partial charge in [-0.1, -0.05) is 23.7 Å². The smallest absolute Gasteiger partial charge is 0.253 e. The molecule has 1 aliphatic rings. The van der Waals surface area contributed by atoms with E-state index in [0.29, 0.717) is 31.0 Å². The van der Waals surface area contributed by atoms with Gasteiger partial charge in [-0.25, -0.2) is 4.68 Å². The van der Waals surface area contributed by atoms with Crippen LogP contribution in [0.3, 0.4) is 0 Å². The minimum atomic E-state index is -0.438. The monoisotopic (exact) mass is 543 g/mol. The van der Waals surface area contributed by atoms with Gasteiger partial charge in [0.1, 0.15) is 18.3 Å². The Balaban J connectivity index is 1.40. The lowest BCUT2D eigenvalue weighted by molar-refractivity contribution is 0.200. The molecular weight excluding hydrogens is 514 g/mol. The maximum atomic E-state index is 13.6. The highest BCUT2D eigenvalue weighted by Crippen LogP contribution is 2.31. The maximum Gasteiger partial charge on any atom is 0.253 e. The maximum absolute atomic E-state index is 13.6. The third-order valence-corrected chi connectivity index (χ3v) is 7.75. The average Bonchev–Trinajstić information content (AvgIpc) is 3.59. The van der Waals surface area contributed by atoms with Gasteiger partial charge < -0.3 is 14.3 Å². The van der Waals surface area contributed by atoms with E-state index in [2.05, 4.69) is 50.2 Å². The number of tetrazole rings is 1. The van der Waals surface area contributed by atoms with E-state index in [0.717, 1.165) is 51.6 Å². The van der Waals surface area contributed by atoms with Crippen molar-refractivity contribution in [3.05, 3.63) is 104 Å². The number of halogens is 1. The molecule has 0 unspecified atom stereocenters. The quantitative estimate of drug-likeness (QED) is 0.333. The van der Waals surface area contributed by atoms with Gasteiger partial charge in [0.25, 0.3) is 5.56 Å². The van der Waals surface area contributed by atoms with Crippen molar-refractivity contribution in [2.75, 3.05) is 31.1 Å². The molecule has 39 heavy (non-hydrogen) atoms. The highest BCUT2D eigenvalue weighted by Gasteiger charge is 2.33. The number of aryl methyl sites for hydroxylation is 3. The zero-order valence-electron chi connectivity index (χ0n) is 22.2. The standard InChI is InChI=1S/C29H30ClN7O2/c1-18-13-20(3)23-16-24(29(38)31-25(23)14-18)27(28-32-33-34-37(28)17-22-5-4-12-39-22)36-10-8-35(9-11-36)26-15-21(30)7-6-19(26)2/h4-7,12-16,27H,8-11,17H2,1-3H3,(H,31,38)/t27-/m1/s1. The molecule has 1 N–H and O–H groups in total. The van der Waals surface area contributed by atoms with Crippen LogP contribution in [0.25, 0.3) is 10.9 Å². The Morgan fingerprint density at radius 2 is 1.85 bits per heavy atom. The van der Waals surface area contributed by atoms with Crippen LogP contribution in [0.5, 0.6) is 0 Å². The number of piperazine rings is 1. The van der Waals surface area contributed by atoms with Gasteiger partial charge in [-0.3, -0.25) is 9.69 Å². The van der Waals surface area contributed by atoms with Gasteiger partial charge in [0.15, 0.2) is 5.82 Å². The molecule has 1 aliphatic heterocycles. The second-order valence-electron chi connectivity index (χ2n) is 10.2. The van der Waals surface area contributed by atoms with Gasteiger partial charge in [0.05, 0.1) is 6.26 Å². The normalized spacial score (nSPS) is 15.2. The number of aromatic nitrogens is 5. The van der Waals surface area contributed by atoms with Crippen molar-refractivity contribution in [3.8, 4) is 0 Å². The summed E-state index contributed by atoms with van der Waals surface area (Å²) < 4.78 is 7.29. The number of aromatic amines is 1. The van der Waals surface area contributed by atoms with Gasteiger partial charge in [0.2, 0.25) is 0 Å². The molecule has 3 aromatic heterocycles. The second kappa shape index (κ2) is 10.3. The largest absolute Gasteiger partial charge is 0.467 e. The topological polar surface area (TPSA) is 96.1 Å². The molecule has 2 aromatic carbocycles. The summed E-state index contributed by atoms with van der Waals surface area (Å²) in [5.74, 6) is 1.34. The van der Waals surface area contributed by atoms with E-state index in [1.807, 2.05) is 49.4 Å². The SMILES string of the molecule is Cc1cc(C)c2cc([C@H](c3nnnn3Cc3ccco3)N3CCN(c4cc(Cl)ccc4C)CC3)c(=O)[nH]c2c1. The fourth-order valence-electron chi connectivity index (χ4n) is 5.61. The minimum absolute atomic E-state index is 0.141. The number of anilines is 1. The summed E-state index contributed by atoms with van der Waals surface area (Å²) >= 11 is 6.32. The summed E-state index contributed by atoms with van der Waals surface area (Å²) in [7, 11) is 0. The van der Waals surface area contributed by atoms with E-state index in [1.54, 1.807) is 10.9 Å². The molecular formula is C29H30ClN7O2. The van der Waals surface area contributed by atoms with Crippen molar-refractivity contribution in [1.82, 2.24) is 30.1 Å². The second-order valence-corrected chi connectivity index (χ2v) is 10.7. The number of nitrogens with one attached hydrogen (secondary N) is 1. The first-order valence-electron chi connectivity index (χ1n) is 13.0. The van der Waals surface area contributed by atoms with Crippen LogP contribution in [-0.2, 0) is 6.54 Å². The van der Waals surface area contributed by atoms with Gasteiger partial charge in [-0.15, -0.1) is 5.10 Å². The Morgan fingerprint density at radius 1 is 1.03 bits per heavy atom. The van der Waals surface area contributed by atoms with Gasteiger partial charge in [-0.2, -0.15) is 0 Å². The average molecular weight is 544 g/mol. The van der Waals surface area contributed by atoms with Crippen molar-refractivity contribution >= 4 is 28.2 Å². The van der Waals surface area contributed by atoms with Gasteiger partial charge in [-0.05, 0) is 84.3 Å². The summed E-state index contributed by atoms with van der Waals surface area (Å²) in [5, 5.41) is 14.5. The van der Waals surface area contributed by atoms with Crippen LogP contribution in [0.15, 0.2) is 64.0 Å². The summed E-state index contributed by atoms with van der Waals surface area (Å²) in [6.07, 6.45) is 1.63. The Hall–Kier alpha value is -3.95. The Morgan fingerprint density at radius 3 is 2.62 bits per heavy atom. The Kier molecular flexibility index (Phi) is 6.70. The molecule has 0 aliphatic carbocycles. The third kappa shape index (κ3) is 4.95. The van der Waals surface area contributed by atoms with Crippen LogP contribution in [0.2, 0.25) is 5.02 Å². The molecule has 1 saturated heterocycles. The summed E-state index contributed by atoms with van der Waals surface area (Å²) in [4.78, 5) is 21.4. The zero-order valence-corrected chi connectivity index (χ0v) is 22.9. The first-order valence-corrected chi connectivity index (χ1v) is 13.4. The van der Waals surface area contributed by atoms with E-state index in [1.165, 1.54) is 5.56 Å². The van der Waals surface area contributed by atoms with Crippen molar-refractivity contribution in [2.45, 2.75) is 33.4 Å². The molecule has 1 atom stereocenters. The number of pyridine rings is 1. The Labute approximate surface area is 231 Å². The molecule has 1 fully saturated rings. The molecule has 4 heterocycles. The lowest BCUT2D eigenvalue weighted by atomic mass is 9.99. The van der Waals surface area contributed by atoms with E-state index in [9.17, 15) is 4.79 Å².